The lowest BCUT2D eigenvalue weighted by molar-refractivity contribution is -0.137. The lowest BCUT2D eigenvalue weighted by Gasteiger charge is -2.22. The Balaban J connectivity index is 1.56. The highest BCUT2D eigenvalue weighted by atomic mass is 16.6. The van der Waals surface area contributed by atoms with Crippen LogP contribution in [0.1, 0.15) is 48.9 Å². The van der Waals surface area contributed by atoms with Gasteiger partial charge in [0.15, 0.2) is 0 Å². The zero-order valence-electron chi connectivity index (χ0n) is 19.7. The summed E-state index contributed by atoms with van der Waals surface area (Å²) in [6.07, 6.45) is 2.56. The Morgan fingerprint density at radius 3 is 2.47 bits per heavy atom. The molecule has 0 bridgehead atoms. The second kappa shape index (κ2) is 10.1. The van der Waals surface area contributed by atoms with Crippen molar-refractivity contribution in [1.29, 1.82) is 0 Å². The standard InChI is InChI=1S/C27H29NO6/c1-16(2)24(28-27(31)32-15-18-9-5-4-6-10-18)26(30)34-22-14-17(3)13-21-23(22)19-11-7-8-12-20(19)25(29)33-21/h4-6,9-10,13-14,16,24H,7-8,11-12,15H2,1-3H3,(H,28,31)/t24-/m0/s1. The Morgan fingerprint density at radius 1 is 1.06 bits per heavy atom. The molecule has 0 aliphatic heterocycles. The second-order valence-electron chi connectivity index (χ2n) is 9.04. The molecule has 0 unspecified atom stereocenters. The molecular formula is C27H29NO6. The third-order valence-electron chi connectivity index (χ3n) is 6.05. The summed E-state index contributed by atoms with van der Waals surface area (Å²) in [4.78, 5) is 38.0. The maximum atomic E-state index is 13.2. The Bertz CT molecular complexity index is 1260. The van der Waals surface area contributed by atoms with Gasteiger partial charge in [0.25, 0.3) is 0 Å². The topological polar surface area (TPSA) is 94.8 Å². The van der Waals surface area contributed by atoms with Gasteiger partial charge in [0.1, 0.15) is 24.0 Å². The van der Waals surface area contributed by atoms with Crippen molar-refractivity contribution in [2.45, 2.75) is 59.1 Å². The van der Waals surface area contributed by atoms with Gasteiger partial charge in [-0.2, -0.15) is 0 Å². The van der Waals surface area contributed by atoms with Crippen LogP contribution in [0.2, 0.25) is 0 Å². The molecule has 0 fully saturated rings. The number of rotatable bonds is 6. The summed E-state index contributed by atoms with van der Waals surface area (Å²) in [5.74, 6) is -0.499. The van der Waals surface area contributed by atoms with E-state index >= 15 is 0 Å². The minimum atomic E-state index is -0.912. The van der Waals surface area contributed by atoms with Crippen LogP contribution in [0.4, 0.5) is 4.79 Å². The van der Waals surface area contributed by atoms with E-state index in [1.54, 1.807) is 12.1 Å². The van der Waals surface area contributed by atoms with Crippen LogP contribution in [-0.4, -0.2) is 18.1 Å². The minimum Gasteiger partial charge on any atom is -0.445 e. The first-order chi connectivity index (χ1) is 16.3. The van der Waals surface area contributed by atoms with Crippen molar-refractivity contribution in [2.75, 3.05) is 0 Å². The smallest absolute Gasteiger partial charge is 0.408 e. The fourth-order valence-electron chi connectivity index (χ4n) is 4.31. The monoisotopic (exact) mass is 463 g/mol. The molecule has 1 heterocycles. The molecule has 0 spiro atoms. The van der Waals surface area contributed by atoms with Gasteiger partial charge in [-0.3, -0.25) is 0 Å². The summed E-state index contributed by atoms with van der Waals surface area (Å²) in [5.41, 5.74) is 3.27. The van der Waals surface area contributed by atoms with Crippen molar-refractivity contribution < 1.29 is 23.5 Å². The first kappa shape index (κ1) is 23.5. The lowest BCUT2D eigenvalue weighted by Crippen LogP contribution is -2.46. The third kappa shape index (κ3) is 5.14. The molecule has 2 aromatic carbocycles. The molecule has 7 nitrogen and oxygen atoms in total. The molecule has 0 saturated heterocycles. The van der Waals surface area contributed by atoms with E-state index in [4.69, 9.17) is 13.9 Å². The number of ether oxygens (including phenoxy) is 2. The van der Waals surface area contributed by atoms with E-state index in [0.717, 1.165) is 36.0 Å². The highest BCUT2D eigenvalue weighted by Gasteiger charge is 2.29. The van der Waals surface area contributed by atoms with Crippen LogP contribution in [0, 0.1) is 12.8 Å². The third-order valence-corrected chi connectivity index (χ3v) is 6.05. The van der Waals surface area contributed by atoms with E-state index in [1.165, 1.54) is 0 Å². The first-order valence-electron chi connectivity index (χ1n) is 11.6. The fraction of sp³-hybridized carbons (Fsp3) is 0.370. The molecule has 1 aromatic heterocycles. The van der Waals surface area contributed by atoms with Crippen LogP contribution >= 0.6 is 0 Å². The predicted molar refractivity (Wildman–Crippen MR) is 128 cm³/mol. The quantitative estimate of drug-likeness (QED) is 0.319. The Morgan fingerprint density at radius 2 is 1.76 bits per heavy atom. The molecule has 34 heavy (non-hydrogen) atoms. The fourth-order valence-corrected chi connectivity index (χ4v) is 4.31. The maximum absolute atomic E-state index is 13.2. The van der Waals surface area contributed by atoms with Gasteiger partial charge in [-0.1, -0.05) is 44.2 Å². The van der Waals surface area contributed by atoms with Gasteiger partial charge in [0, 0.05) is 5.56 Å². The highest BCUT2D eigenvalue weighted by Crippen LogP contribution is 2.35. The molecule has 1 aliphatic rings. The van der Waals surface area contributed by atoms with Gasteiger partial charge >= 0.3 is 17.7 Å². The number of carbonyl (C=O) groups is 2. The maximum Gasteiger partial charge on any atom is 0.408 e. The number of hydrogen-bond donors (Lipinski definition) is 1. The molecule has 1 aliphatic carbocycles. The number of hydrogen-bond acceptors (Lipinski definition) is 6. The van der Waals surface area contributed by atoms with Gasteiger partial charge in [-0.25, -0.2) is 14.4 Å². The van der Waals surface area contributed by atoms with Crippen molar-refractivity contribution in [3.63, 3.8) is 0 Å². The molecule has 4 rings (SSSR count). The van der Waals surface area contributed by atoms with Crippen LogP contribution < -0.4 is 15.7 Å². The minimum absolute atomic E-state index is 0.0974. The number of nitrogens with one attached hydrogen (secondary N) is 1. The number of fused-ring (bicyclic) bond motifs is 3. The van der Waals surface area contributed by atoms with Gasteiger partial charge in [-0.05, 0) is 67.3 Å². The van der Waals surface area contributed by atoms with Crippen molar-refractivity contribution in [3.8, 4) is 5.75 Å². The molecule has 7 heteroatoms. The average Bonchev–Trinajstić information content (AvgIpc) is 2.81. The molecule has 178 valence electrons. The van der Waals surface area contributed by atoms with E-state index in [9.17, 15) is 14.4 Å². The van der Waals surface area contributed by atoms with Crippen LogP contribution in [0.3, 0.4) is 0 Å². The number of carbonyl (C=O) groups excluding carboxylic acids is 2. The molecule has 1 amide bonds. The Labute approximate surface area is 198 Å². The lowest BCUT2D eigenvalue weighted by atomic mass is 9.90. The summed E-state index contributed by atoms with van der Waals surface area (Å²) in [6, 6.07) is 11.9. The summed E-state index contributed by atoms with van der Waals surface area (Å²) in [7, 11) is 0. The number of amides is 1. The largest absolute Gasteiger partial charge is 0.445 e. The van der Waals surface area contributed by atoms with E-state index < -0.39 is 18.1 Å². The van der Waals surface area contributed by atoms with Gasteiger partial charge < -0.3 is 19.2 Å². The second-order valence-corrected chi connectivity index (χ2v) is 9.04. The number of alkyl carbamates (subject to hydrolysis) is 1. The summed E-state index contributed by atoms with van der Waals surface area (Å²) < 4.78 is 16.7. The van der Waals surface area contributed by atoms with Crippen molar-refractivity contribution >= 4 is 23.0 Å². The SMILES string of the molecule is Cc1cc(OC(=O)[C@@H](NC(=O)OCc2ccccc2)C(C)C)c2c3c(c(=O)oc2c1)CCCC3. The van der Waals surface area contributed by atoms with E-state index in [-0.39, 0.29) is 18.2 Å². The molecular weight excluding hydrogens is 434 g/mol. The number of aryl methyl sites for hydroxylation is 2. The van der Waals surface area contributed by atoms with Gasteiger partial charge in [-0.15, -0.1) is 0 Å². The van der Waals surface area contributed by atoms with Crippen molar-refractivity contribution in [3.05, 3.63) is 75.1 Å². The highest BCUT2D eigenvalue weighted by molar-refractivity contribution is 5.92. The van der Waals surface area contributed by atoms with E-state index in [1.807, 2.05) is 51.1 Å². The molecule has 3 aromatic rings. The van der Waals surface area contributed by atoms with Crippen molar-refractivity contribution in [1.82, 2.24) is 5.32 Å². The Kier molecular flexibility index (Phi) is 7.01. The molecule has 0 saturated carbocycles. The molecule has 0 radical (unpaired) electrons. The van der Waals surface area contributed by atoms with Crippen LogP contribution in [0.25, 0.3) is 11.0 Å². The average molecular weight is 464 g/mol. The van der Waals surface area contributed by atoms with Crippen LogP contribution in [0.5, 0.6) is 5.75 Å². The normalized spacial score (nSPS) is 13.9. The summed E-state index contributed by atoms with van der Waals surface area (Å²) >= 11 is 0. The molecule has 1 atom stereocenters. The number of esters is 1. The summed E-state index contributed by atoms with van der Waals surface area (Å²) in [6.45, 7) is 5.58. The molecule has 1 N–H and O–H groups in total. The summed E-state index contributed by atoms with van der Waals surface area (Å²) in [5, 5.41) is 3.29. The number of benzene rings is 2. The van der Waals surface area contributed by atoms with Crippen LogP contribution in [-0.2, 0) is 29.0 Å². The first-order valence-corrected chi connectivity index (χ1v) is 11.6. The van der Waals surface area contributed by atoms with Gasteiger partial charge in [0.05, 0.1) is 5.39 Å². The van der Waals surface area contributed by atoms with Crippen molar-refractivity contribution in [2.24, 2.45) is 5.92 Å². The Hall–Kier alpha value is -3.61. The predicted octanol–water partition coefficient (Wildman–Crippen LogP) is 4.84. The van der Waals surface area contributed by atoms with E-state index in [0.29, 0.717) is 28.7 Å². The zero-order chi connectivity index (χ0) is 24.2. The zero-order valence-corrected chi connectivity index (χ0v) is 19.7. The van der Waals surface area contributed by atoms with E-state index in [2.05, 4.69) is 5.32 Å². The van der Waals surface area contributed by atoms with Crippen LogP contribution in [0.15, 0.2) is 51.7 Å². The van der Waals surface area contributed by atoms with Gasteiger partial charge in [0.2, 0.25) is 0 Å².